The van der Waals surface area contributed by atoms with E-state index in [-0.39, 0.29) is 6.42 Å². The zero-order valence-electron chi connectivity index (χ0n) is 15.5. The summed E-state index contributed by atoms with van der Waals surface area (Å²) in [5.41, 5.74) is 0.569. The summed E-state index contributed by atoms with van der Waals surface area (Å²) in [6, 6.07) is 4.16. The molecule has 0 bridgehead atoms. The van der Waals surface area contributed by atoms with Crippen molar-refractivity contribution in [3.63, 3.8) is 0 Å². The number of imidazole rings is 1. The summed E-state index contributed by atoms with van der Waals surface area (Å²) < 4.78 is 11.7. The molecule has 1 N–H and O–H groups in total. The molecule has 0 saturated carbocycles. The van der Waals surface area contributed by atoms with Gasteiger partial charge in [-0.05, 0) is 39.0 Å². The normalized spacial score (nSPS) is 12.4. The van der Waals surface area contributed by atoms with Crippen molar-refractivity contribution in [3.8, 4) is 5.69 Å². The van der Waals surface area contributed by atoms with Gasteiger partial charge >= 0.3 is 12.1 Å². The van der Waals surface area contributed by atoms with Gasteiger partial charge < -0.3 is 19.4 Å². The highest BCUT2D eigenvalue weighted by Gasteiger charge is 2.26. The molecular weight excluding hydrogens is 393 g/mol. The van der Waals surface area contributed by atoms with E-state index in [1.165, 1.54) is 7.11 Å². The number of methoxy groups -OCH3 is 1. The van der Waals surface area contributed by atoms with Crippen LogP contribution >= 0.6 is 23.2 Å². The number of carbonyl (C=O) groups is 2. The Morgan fingerprint density at radius 1 is 1.30 bits per heavy atom. The van der Waals surface area contributed by atoms with Crippen LogP contribution in [0.5, 0.6) is 0 Å². The monoisotopic (exact) mass is 413 g/mol. The first-order valence-corrected chi connectivity index (χ1v) is 8.90. The molecule has 1 aromatic heterocycles. The second-order valence-electron chi connectivity index (χ2n) is 6.79. The van der Waals surface area contributed by atoms with Crippen molar-refractivity contribution in [1.82, 2.24) is 14.9 Å². The van der Waals surface area contributed by atoms with Crippen molar-refractivity contribution in [1.29, 1.82) is 0 Å². The van der Waals surface area contributed by atoms with Crippen LogP contribution in [0, 0.1) is 0 Å². The lowest BCUT2D eigenvalue weighted by Gasteiger charge is -2.22. The van der Waals surface area contributed by atoms with E-state index < -0.39 is 23.7 Å². The van der Waals surface area contributed by atoms with Gasteiger partial charge in [0.2, 0.25) is 0 Å². The molecule has 27 heavy (non-hydrogen) atoms. The van der Waals surface area contributed by atoms with E-state index in [4.69, 9.17) is 32.7 Å². The van der Waals surface area contributed by atoms with E-state index in [0.717, 1.165) is 0 Å². The molecule has 1 heterocycles. The number of halogens is 2. The third-order valence-corrected chi connectivity index (χ3v) is 3.95. The van der Waals surface area contributed by atoms with Gasteiger partial charge in [-0.1, -0.05) is 23.2 Å². The maximum absolute atomic E-state index is 12.0. The standard InChI is InChI=1S/C18H21Cl2N3O4/c1-18(2,3)27-17(25)22-14(16(24)26-4)8-12-9-23(10-21-12)15-6-5-11(19)7-13(15)20/h5-7,9-10,14H,8H2,1-4H3,(H,22,25)/t14-/m0/s1. The molecule has 1 aromatic carbocycles. The van der Waals surface area contributed by atoms with Crippen LogP contribution in [0.3, 0.4) is 0 Å². The molecule has 1 atom stereocenters. The third-order valence-electron chi connectivity index (χ3n) is 3.41. The maximum Gasteiger partial charge on any atom is 0.408 e. The average molecular weight is 414 g/mol. The fraction of sp³-hybridized carbons (Fsp3) is 0.389. The molecule has 2 rings (SSSR count). The fourth-order valence-electron chi connectivity index (χ4n) is 2.29. The van der Waals surface area contributed by atoms with Crippen molar-refractivity contribution in [2.75, 3.05) is 7.11 Å². The smallest absolute Gasteiger partial charge is 0.408 e. The summed E-state index contributed by atoms with van der Waals surface area (Å²) in [6.07, 6.45) is 2.69. The number of esters is 1. The average Bonchev–Trinajstić information content (AvgIpc) is 3.00. The minimum Gasteiger partial charge on any atom is -0.467 e. The lowest BCUT2D eigenvalue weighted by Crippen LogP contribution is -2.45. The molecule has 0 aliphatic heterocycles. The van der Waals surface area contributed by atoms with E-state index in [2.05, 4.69) is 10.3 Å². The number of hydrogen-bond acceptors (Lipinski definition) is 5. The van der Waals surface area contributed by atoms with Gasteiger partial charge in [0.25, 0.3) is 0 Å². The number of alkyl carbamates (subject to hydrolysis) is 1. The second kappa shape index (κ2) is 8.63. The molecule has 0 fully saturated rings. The van der Waals surface area contributed by atoms with Crippen molar-refractivity contribution in [2.24, 2.45) is 0 Å². The Balaban J connectivity index is 2.15. The van der Waals surface area contributed by atoms with Crippen LogP contribution in [0.15, 0.2) is 30.7 Å². The van der Waals surface area contributed by atoms with Gasteiger partial charge in [0.1, 0.15) is 11.6 Å². The van der Waals surface area contributed by atoms with Gasteiger partial charge in [0, 0.05) is 17.6 Å². The summed E-state index contributed by atoms with van der Waals surface area (Å²) in [7, 11) is 1.25. The summed E-state index contributed by atoms with van der Waals surface area (Å²) in [6.45, 7) is 5.20. The first kappa shape index (κ1) is 21.1. The number of aromatic nitrogens is 2. The Kier molecular flexibility index (Phi) is 6.73. The predicted molar refractivity (Wildman–Crippen MR) is 102 cm³/mol. The number of nitrogens with one attached hydrogen (secondary N) is 1. The molecule has 0 aliphatic rings. The number of hydrogen-bond donors (Lipinski definition) is 1. The quantitative estimate of drug-likeness (QED) is 0.753. The van der Waals surface area contributed by atoms with Gasteiger partial charge in [-0.25, -0.2) is 14.6 Å². The Morgan fingerprint density at radius 2 is 2.00 bits per heavy atom. The lowest BCUT2D eigenvalue weighted by molar-refractivity contribution is -0.143. The predicted octanol–water partition coefficient (Wildman–Crippen LogP) is 3.79. The van der Waals surface area contributed by atoms with Crippen molar-refractivity contribution < 1.29 is 19.1 Å². The first-order chi connectivity index (χ1) is 12.6. The van der Waals surface area contributed by atoms with E-state index in [0.29, 0.717) is 21.4 Å². The van der Waals surface area contributed by atoms with Crippen molar-refractivity contribution in [2.45, 2.75) is 38.8 Å². The van der Waals surface area contributed by atoms with E-state index in [1.54, 1.807) is 56.1 Å². The Morgan fingerprint density at radius 3 is 2.59 bits per heavy atom. The van der Waals surface area contributed by atoms with Gasteiger partial charge in [-0.2, -0.15) is 0 Å². The Bertz CT molecular complexity index is 830. The van der Waals surface area contributed by atoms with Crippen molar-refractivity contribution in [3.05, 3.63) is 46.5 Å². The van der Waals surface area contributed by atoms with Crippen LogP contribution in [-0.4, -0.2) is 40.4 Å². The zero-order chi connectivity index (χ0) is 20.2. The molecular formula is C18H21Cl2N3O4. The maximum atomic E-state index is 12.0. The minimum absolute atomic E-state index is 0.129. The molecule has 2 aromatic rings. The summed E-state index contributed by atoms with van der Waals surface area (Å²) in [5, 5.41) is 3.50. The number of amides is 1. The highest BCUT2D eigenvalue weighted by atomic mass is 35.5. The van der Waals surface area contributed by atoms with Gasteiger partial charge in [-0.3, -0.25) is 0 Å². The van der Waals surface area contributed by atoms with Crippen LogP contribution in [0.1, 0.15) is 26.5 Å². The van der Waals surface area contributed by atoms with Gasteiger partial charge in [0.05, 0.1) is 29.8 Å². The minimum atomic E-state index is -0.936. The van der Waals surface area contributed by atoms with Crippen LogP contribution < -0.4 is 5.32 Å². The summed E-state index contributed by atoms with van der Waals surface area (Å²) >= 11 is 12.1. The highest BCUT2D eigenvalue weighted by molar-refractivity contribution is 6.35. The lowest BCUT2D eigenvalue weighted by atomic mass is 10.1. The zero-order valence-corrected chi connectivity index (χ0v) is 17.0. The topological polar surface area (TPSA) is 82.5 Å². The molecule has 0 radical (unpaired) electrons. The highest BCUT2D eigenvalue weighted by Crippen LogP contribution is 2.24. The van der Waals surface area contributed by atoms with Gasteiger partial charge in [0.15, 0.2) is 0 Å². The summed E-state index contributed by atoms with van der Waals surface area (Å²) in [4.78, 5) is 28.3. The third kappa shape index (κ3) is 6.15. The molecule has 0 spiro atoms. The van der Waals surface area contributed by atoms with Crippen molar-refractivity contribution >= 4 is 35.3 Å². The van der Waals surface area contributed by atoms with Crippen LogP contribution in [0.4, 0.5) is 4.79 Å². The van der Waals surface area contributed by atoms with Gasteiger partial charge in [-0.15, -0.1) is 0 Å². The first-order valence-electron chi connectivity index (χ1n) is 8.14. The van der Waals surface area contributed by atoms with Crippen LogP contribution in [-0.2, 0) is 20.7 Å². The number of benzene rings is 1. The van der Waals surface area contributed by atoms with E-state index >= 15 is 0 Å². The summed E-state index contributed by atoms with van der Waals surface area (Å²) in [5.74, 6) is -0.597. The SMILES string of the molecule is COC(=O)[C@H](Cc1cn(-c2ccc(Cl)cc2Cl)cn1)NC(=O)OC(C)(C)C. The van der Waals surface area contributed by atoms with Crippen LogP contribution in [0.2, 0.25) is 10.0 Å². The number of rotatable bonds is 5. The van der Waals surface area contributed by atoms with Crippen LogP contribution in [0.25, 0.3) is 5.69 Å². The fourth-order valence-corrected chi connectivity index (χ4v) is 2.79. The molecule has 0 aliphatic carbocycles. The van der Waals surface area contributed by atoms with E-state index in [1.807, 2.05) is 0 Å². The molecule has 0 saturated heterocycles. The largest absolute Gasteiger partial charge is 0.467 e. The molecule has 0 unspecified atom stereocenters. The number of nitrogens with zero attached hydrogens (tertiary/aromatic N) is 2. The number of ether oxygens (including phenoxy) is 2. The molecule has 1 amide bonds. The molecule has 146 valence electrons. The Labute approximate surface area is 167 Å². The number of carbonyl (C=O) groups excluding carboxylic acids is 2. The molecule has 7 nitrogen and oxygen atoms in total. The Hall–Kier alpha value is -2.25. The molecule has 9 heteroatoms. The second-order valence-corrected chi connectivity index (χ2v) is 7.64. The van der Waals surface area contributed by atoms with E-state index in [9.17, 15) is 9.59 Å².